The number of anilines is 1. The van der Waals surface area contributed by atoms with E-state index in [9.17, 15) is 0 Å². The first-order valence-electron chi connectivity index (χ1n) is 9.19. The van der Waals surface area contributed by atoms with E-state index < -0.39 is 0 Å². The second kappa shape index (κ2) is 8.43. The van der Waals surface area contributed by atoms with E-state index in [2.05, 4.69) is 17.6 Å². The molecule has 1 aromatic rings. The lowest BCUT2D eigenvalue weighted by molar-refractivity contribution is 0.174. The molecule has 2 aliphatic rings. The maximum atomic E-state index is 5.76. The van der Waals surface area contributed by atoms with Crippen LogP contribution in [-0.4, -0.2) is 46.0 Å². The summed E-state index contributed by atoms with van der Waals surface area (Å²) in [4.78, 5) is 4.79. The molecule has 2 N–H and O–H groups in total. The average Bonchev–Trinajstić information content (AvgIpc) is 3.42. The summed E-state index contributed by atoms with van der Waals surface area (Å²) in [5.74, 6) is 2.40. The van der Waals surface area contributed by atoms with Gasteiger partial charge in [-0.15, -0.1) is 0 Å². The third-order valence-corrected chi connectivity index (χ3v) is 4.72. The molecule has 1 aromatic carbocycles. The Bertz CT molecular complexity index is 600. The van der Waals surface area contributed by atoms with Gasteiger partial charge >= 0.3 is 0 Å². The van der Waals surface area contributed by atoms with Crippen LogP contribution in [-0.2, 0) is 4.74 Å². The minimum atomic E-state index is 0.336. The molecule has 0 saturated heterocycles. The zero-order valence-electron chi connectivity index (χ0n) is 15.3. The number of hydrogen-bond acceptors (Lipinski definition) is 4. The van der Waals surface area contributed by atoms with Gasteiger partial charge < -0.3 is 24.8 Å². The smallest absolute Gasteiger partial charge is 0.195 e. The molecule has 1 fully saturated rings. The van der Waals surface area contributed by atoms with Crippen LogP contribution in [0.3, 0.4) is 0 Å². The Morgan fingerprint density at radius 2 is 2.04 bits per heavy atom. The monoisotopic (exact) mass is 347 g/mol. The van der Waals surface area contributed by atoms with Gasteiger partial charge in [-0.1, -0.05) is 0 Å². The van der Waals surface area contributed by atoms with Gasteiger partial charge in [0.2, 0.25) is 0 Å². The standard InChI is InChI=1S/C19H29N3O3/c1-3-20-18(21-14-19(7-8-19)9-12-23-2)22-15-5-6-16-17(13-15)25-11-4-10-24-16/h5-6,13H,3-4,7-12,14H2,1-2H3,(H2,20,21,22). The summed E-state index contributed by atoms with van der Waals surface area (Å²) in [5.41, 5.74) is 1.29. The third-order valence-electron chi connectivity index (χ3n) is 4.72. The number of aliphatic imine (C=N–C) groups is 1. The SMILES string of the molecule is CCNC(=NCC1(CCOC)CC1)Nc1ccc2c(c1)OCCCO2. The first kappa shape index (κ1) is 17.9. The predicted molar refractivity (Wildman–Crippen MR) is 99.8 cm³/mol. The first-order chi connectivity index (χ1) is 12.2. The average molecular weight is 347 g/mol. The van der Waals surface area contributed by atoms with Crippen molar-refractivity contribution in [3.8, 4) is 11.5 Å². The number of ether oxygens (including phenoxy) is 3. The highest BCUT2D eigenvalue weighted by Gasteiger charge is 2.41. The van der Waals surface area contributed by atoms with Gasteiger partial charge in [-0.3, -0.25) is 4.99 Å². The topological polar surface area (TPSA) is 64.1 Å². The minimum absolute atomic E-state index is 0.336. The summed E-state index contributed by atoms with van der Waals surface area (Å²) in [6.07, 6.45) is 4.47. The molecule has 1 saturated carbocycles. The van der Waals surface area contributed by atoms with E-state index in [4.69, 9.17) is 19.2 Å². The molecule has 0 amide bonds. The van der Waals surface area contributed by atoms with E-state index in [1.54, 1.807) is 7.11 Å². The van der Waals surface area contributed by atoms with Crippen molar-refractivity contribution in [2.24, 2.45) is 10.4 Å². The van der Waals surface area contributed by atoms with Crippen molar-refractivity contribution >= 4 is 11.6 Å². The van der Waals surface area contributed by atoms with Gasteiger partial charge in [0, 0.05) is 45.0 Å². The van der Waals surface area contributed by atoms with Crippen LogP contribution < -0.4 is 20.1 Å². The molecule has 3 rings (SSSR count). The molecule has 0 spiro atoms. The van der Waals surface area contributed by atoms with Gasteiger partial charge in [0.15, 0.2) is 17.5 Å². The lowest BCUT2D eigenvalue weighted by atomic mass is 10.0. The van der Waals surface area contributed by atoms with E-state index in [0.29, 0.717) is 18.6 Å². The number of nitrogens with one attached hydrogen (secondary N) is 2. The van der Waals surface area contributed by atoms with Gasteiger partial charge in [-0.2, -0.15) is 0 Å². The van der Waals surface area contributed by atoms with Crippen molar-refractivity contribution < 1.29 is 14.2 Å². The lowest BCUT2D eigenvalue weighted by Gasteiger charge is -2.16. The molecule has 0 aromatic heterocycles. The highest BCUT2D eigenvalue weighted by molar-refractivity contribution is 5.94. The van der Waals surface area contributed by atoms with Crippen LogP contribution in [0.4, 0.5) is 5.69 Å². The van der Waals surface area contributed by atoms with Crippen LogP contribution in [0.1, 0.15) is 32.6 Å². The second-order valence-corrected chi connectivity index (χ2v) is 6.77. The number of benzene rings is 1. The molecule has 6 heteroatoms. The summed E-state index contributed by atoms with van der Waals surface area (Å²) >= 11 is 0. The van der Waals surface area contributed by atoms with Gasteiger partial charge in [-0.05, 0) is 43.7 Å². The quantitative estimate of drug-likeness (QED) is 0.586. The van der Waals surface area contributed by atoms with Crippen molar-refractivity contribution in [2.75, 3.05) is 45.3 Å². The number of methoxy groups -OCH3 is 1. The van der Waals surface area contributed by atoms with Crippen LogP contribution in [0.5, 0.6) is 11.5 Å². The molecule has 1 aliphatic carbocycles. The first-order valence-corrected chi connectivity index (χ1v) is 9.19. The maximum absolute atomic E-state index is 5.76. The predicted octanol–water partition coefficient (Wildman–Crippen LogP) is 3.04. The van der Waals surface area contributed by atoms with E-state index in [1.807, 2.05) is 18.2 Å². The van der Waals surface area contributed by atoms with Crippen LogP contribution in [0.15, 0.2) is 23.2 Å². The van der Waals surface area contributed by atoms with Crippen LogP contribution in [0.25, 0.3) is 0 Å². The Kier molecular flexibility index (Phi) is 6.02. The number of guanidine groups is 1. The van der Waals surface area contributed by atoms with Crippen molar-refractivity contribution in [1.82, 2.24) is 5.32 Å². The number of hydrogen-bond donors (Lipinski definition) is 2. The molecule has 6 nitrogen and oxygen atoms in total. The number of fused-ring (bicyclic) bond motifs is 1. The minimum Gasteiger partial charge on any atom is -0.490 e. The zero-order chi connectivity index (χ0) is 17.5. The fraction of sp³-hybridized carbons (Fsp3) is 0.632. The Hall–Kier alpha value is -1.95. The van der Waals surface area contributed by atoms with Crippen molar-refractivity contribution in [3.05, 3.63) is 18.2 Å². The molecule has 0 radical (unpaired) electrons. The van der Waals surface area contributed by atoms with Crippen molar-refractivity contribution in [2.45, 2.75) is 32.6 Å². The summed E-state index contributed by atoms with van der Waals surface area (Å²) in [5, 5.41) is 6.69. The van der Waals surface area contributed by atoms with Crippen molar-refractivity contribution in [3.63, 3.8) is 0 Å². The summed E-state index contributed by atoms with van der Waals surface area (Å²) in [6, 6.07) is 5.93. The molecular formula is C19H29N3O3. The third kappa shape index (κ3) is 5.01. The van der Waals surface area contributed by atoms with Crippen LogP contribution in [0.2, 0.25) is 0 Å². The Balaban J connectivity index is 1.65. The summed E-state index contributed by atoms with van der Waals surface area (Å²) in [7, 11) is 1.76. The molecule has 1 aliphatic heterocycles. The van der Waals surface area contributed by atoms with Crippen LogP contribution in [0, 0.1) is 5.41 Å². The van der Waals surface area contributed by atoms with Gasteiger partial charge in [0.25, 0.3) is 0 Å². The van der Waals surface area contributed by atoms with E-state index in [0.717, 1.165) is 55.7 Å². The van der Waals surface area contributed by atoms with Crippen molar-refractivity contribution in [1.29, 1.82) is 0 Å². The van der Waals surface area contributed by atoms with E-state index >= 15 is 0 Å². The highest BCUT2D eigenvalue weighted by Crippen LogP contribution is 2.49. The highest BCUT2D eigenvalue weighted by atomic mass is 16.5. The fourth-order valence-corrected chi connectivity index (χ4v) is 2.91. The summed E-state index contributed by atoms with van der Waals surface area (Å²) < 4.78 is 16.7. The molecule has 138 valence electrons. The molecule has 25 heavy (non-hydrogen) atoms. The largest absolute Gasteiger partial charge is 0.490 e. The molecule has 0 atom stereocenters. The Morgan fingerprint density at radius 1 is 1.24 bits per heavy atom. The van der Waals surface area contributed by atoms with Gasteiger partial charge in [-0.25, -0.2) is 0 Å². The Morgan fingerprint density at radius 3 is 2.76 bits per heavy atom. The van der Waals surface area contributed by atoms with Crippen LogP contribution >= 0.6 is 0 Å². The molecule has 0 bridgehead atoms. The number of nitrogens with zero attached hydrogens (tertiary/aromatic N) is 1. The molecule has 1 heterocycles. The van der Waals surface area contributed by atoms with Gasteiger partial charge in [0.05, 0.1) is 13.2 Å². The maximum Gasteiger partial charge on any atom is 0.195 e. The van der Waals surface area contributed by atoms with E-state index in [1.165, 1.54) is 12.8 Å². The number of rotatable bonds is 7. The molecule has 0 unspecified atom stereocenters. The molecular weight excluding hydrogens is 318 g/mol. The van der Waals surface area contributed by atoms with Gasteiger partial charge in [0.1, 0.15) is 0 Å². The lowest BCUT2D eigenvalue weighted by Crippen LogP contribution is -2.31. The van der Waals surface area contributed by atoms with E-state index in [-0.39, 0.29) is 0 Å². The normalized spacial score (nSPS) is 18.4. The fourth-order valence-electron chi connectivity index (χ4n) is 2.91. The zero-order valence-corrected chi connectivity index (χ0v) is 15.3. The Labute approximate surface area is 149 Å². The summed E-state index contributed by atoms with van der Waals surface area (Å²) in [6.45, 7) is 5.92. The second-order valence-electron chi connectivity index (χ2n) is 6.77.